The van der Waals surface area contributed by atoms with E-state index in [1.165, 1.54) is 6.07 Å². The van der Waals surface area contributed by atoms with E-state index in [-0.39, 0.29) is 18.0 Å². The molecule has 0 aliphatic carbocycles. The van der Waals surface area contributed by atoms with E-state index in [2.05, 4.69) is 10.6 Å². The highest BCUT2D eigenvalue weighted by Gasteiger charge is 2.10. The number of carbonyl (C=O) groups excluding carboxylic acids is 3. The minimum atomic E-state index is -0.561. The zero-order valence-electron chi connectivity index (χ0n) is 12.8. The highest BCUT2D eigenvalue weighted by molar-refractivity contribution is 7.80. The van der Waals surface area contributed by atoms with Gasteiger partial charge in [-0.1, -0.05) is 13.0 Å². The molecule has 0 saturated carbocycles. The van der Waals surface area contributed by atoms with Gasteiger partial charge in [-0.05, 0) is 36.8 Å². The highest BCUT2D eigenvalue weighted by atomic mass is 32.1. The maximum Gasteiger partial charge on any atom is 0.306 e. The number of hydrogen-bond acceptors (Lipinski definition) is 5. The lowest BCUT2D eigenvalue weighted by Gasteiger charge is -2.10. The van der Waals surface area contributed by atoms with Gasteiger partial charge >= 0.3 is 5.97 Å². The van der Waals surface area contributed by atoms with Crippen LogP contribution in [0.5, 0.6) is 0 Å². The molecule has 7 nitrogen and oxygen atoms in total. The molecule has 1 rings (SSSR count). The van der Waals surface area contributed by atoms with Crippen LogP contribution in [-0.2, 0) is 14.3 Å². The number of amides is 2. The number of thiocarbonyl (C=S) groups is 1. The number of nitrogens with one attached hydrogen (secondary N) is 2. The molecule has 4 N–H and O–H groups in total. The quantitative estimate of drug-likeness (QED) is 0.511. The van der Waals surface area contributed by atoms with Crippen molar-refractivity contribution in [1.82, 2.24) is 5.32 Å². The van der Waals surface area contributed by atoms with E-state index in [1.54, 1.807) is 18.2 Å². The predicted octanol–water partition coefficient (Wildman–Crippen LogP) is 1.33. The molecule has 2 amide bonds. The van der Waals surface area contributed by atoms with Gasteiger partial charge < -0.3 is 21.1 Å². The van der Waals surface area contributed by atoms with Crippen LogP contribution in [0.4, 0.5) is 5.69 Å². The van der Waals surface area contributed by atoms with Crippen molar-refractivity contribution in [1.29, 1.82) is 0 Å². The number of rotatable bonds is 7. The summed E-state index contributed by atoms with van der Waals surface area (Å²) >= 11 is 5.00. The molecular formula is C15H19N3O4S. The van der Waals surface area contributed by atoms with Crippen LogP contribution in [0.15, 0.2) is 24.3 Å². The summed E-state index contributed by atoms with van der Waals surface area (Å²) in [7, 11) is 0. The van der Waals surface area contributed by atoms with E-state index in [9.17, 15) is 14.4 Å². The zero-order chi connectivity index (χ0) is 17.2. The Morgan fingerprint density at radius 1 is 1.26 bits per heavy atom. The average molecular weight is 337 g/mol. The third-order valence-electron chi connectivity index (χ3n) is 2.68. The summed E-state index contributed by atoms with van der Waals surface area (Å²) in [6.07, 6.45) is 0.702. The summed E-state index contributed by atoms with van der Waals surface area (Å²) in [6, 6.07) is 6.39. The fourth-order valence-corrected chi connectivity index (χ4v) is 1.84. The van der Waals surface area contributed by atoms with Crippen molar-refractivity contribution in [2.24, 2.45) is 5.73 Å². The van der Waals surface area contributed by atoms with Gasteiger partial charge in [0, 0.05) is 17.7 Å². The topological polar surface area (TPSA) is 111 Å². The van der Waals surface area contributed by atoms with Crippen molar-refractivity contribution >= 4 is 40.8 Å². The second kappa shape index (κ2) is 9.52. The van der Waals surface area contributed by atoms with Crippen LogP contribution >= 0.6 is 12.2 Å². The molecule has 0 atom stereocenters. The average Bonchev–Trinajstić information content (AvgIpc) is 2.51. The first-order chi connectivity index (χ1) is 10.9. The summed E-state index contributed by atoms with van der Waals surface area (Å²) in [5.74, 6) is -1.38. The van der Waals surface area contributed by atoms with Crippen molar-refractivity contribution in [2.45, 2.75) is 26.2 Å². The first-order valence-corrected chi connectivity index (χ1v) is 7.49. The van der Waals surface area contributed by atoms with Gasteiger partial charge in [-0.2, -0.15) is 0 Å². The van der Waals surface area contributed by atoms with Crippen molar-refractivity contribution in [3.05, 3.63) is 29.8 Å². The van der Waals surface area contributed by atoms with Crippen LogP contribution < -0.4 is 16.4 Å². The molecule has 0 aromatic heterocycles. The van der Waals surface area contributed by atoms with E-state index in [0.717, 1.165) is 6.42 Å². The molecule has 0 unspecified atom stereocenters. The Balaban J connectivity index is 2.41. The fraction of sp³-hybridized carbons (Fsp3) is 0.333. The van der Waals surface area contributed by atoms with Gasteiger partial charge in [-0.15, -0.1) is 0 Å². The van der Waals surface area contributed by atoms with E-state index < -0.39 is 17.8 Å². The van der Waals surface area contributed by atoms with Gasteiger partial charge in [-0.3, -0.25) is 14.4 Å². The van der Waals surface area contributed by atoms with Crippen molar-refractivity contribution in [3.8, 4) is 0 Å². The number of ether oxygens (including phenoxy) is 1. The number of anilines is 1. The Hall–Kier alpha value is -2.48. The van der Waals surface area contributed by atoms with Crippen molar-refractivity contribution < 1.29 is 19.1 Å². The summed E-state index contributed by atoms with van der Waals surface area (Å²) < 4.78 is 4.87. The summed E-state index contributed by atoms with van der Waals surface area (Å²) in [6.45, 7) is 2.23. The van der Waals surface area contributed by atoms with Gasteiger partial charge in [0.25, 0.3) is 0 Å². The Kier molecular flexibility index (Phi) is 7.69. The maximum absolute atomic E-state index is 11.7. The van der Waals surface area contributed by atoms with E-state index >= 15 is 0 Å². The van der Waals surface area contributed by atoms with Gasteiger partial charge in [0.2, 0.25) is 11.8 Å². The number of esters is 1. The molecule has 0 aliphatic heterocycles. The van der Waals surface area contributed by atoms with Crippen LogP contribution in [0.2, 0.25) is 0 Å². The van der Waals surface area contributed by atoms with Gasteiger partial charge in [-0.25, -0.2) is 0 Å². The van der Waals surface area contributed by atoms with Crippen LogP contribution in [0.3, 0.4) is 0 Å². The molecule has 1 aromatic carbocycles. The maximum atomic E-state index is 11.7. The standard InChI is InChI=1S/C15H19N3O4S/c1-2-8-22-13(20)7-6-12(19)18-15(23)17-11-5-3-4-10(9-11)14(16)21/h3-5,9H,2,6-8H2,1H3,(H2,16,21)(H2,17,18,19,23). The van der Waals surface area contributed by atoms with E-state index in [4.69, 9.17) is 22.7 Å². The molecule has 0 aliphatic rings. The third kappa shape index (κ3) is 7.37. The molecule has 0 bridgehead atoms. The van der Waals surface area contributed by atoms with Gasteiger partial charge in [0.15, 0.2) is 5.11 Å². The summed E-state index contributed by atoms with van der Waals surface area (Å²) in [5.41, 5.74) is 6.03. The lowest BCUT2D eigenvalue weighted by atomic mass is 10.2. The lowest BCUT2D eigenvalue weighted by Crippen LogP contribution is -2.34. The number of carbonyl (C=O) groups is 3. The molecule has 124 valence electrons. The molecule has 0 heterocycles. The van der Waals surface area contributed by atoms with E-state index in [1.807, 2.05) is 6.92 Å². The van der Waals surface area contributed by atoms with E-state index in [0.29, 0.717) is 17.9 Å². The minimum Gasteiger partial charge on any atom is -0.466 e. The second-order valence-electron chi connectivity index (χ2n) is 4.67. The predicted molar refractivity (Wildman–Crippen MR) is 89.8 cm³/mol. The Morgan fingerprint density at radius 2 is 2.00 bits per heavy atom. The summed E-state index contributed by atoms with van der Waals surface area (Å²) in [5, 5.41) is 5.28. The molecule has 23 heavy (non-hydrogen) atoms. The number of nitrogens with two attached hydrogens (primary N) is 1. The molecule has 0 fully saturated rings. The Morgan fingerprint density at radius 3 is 2.65 bits per heavy atom. The first-order valence-electron chi connectivity index (χ1n) is 7.08. The van der Waals surface area contributed by atoms with Crippen molar-refractivity contribution in [2.75, 3.05) is 11.9 Å². The number of hydrogen-bond donors (Lipinski definition) is 3. The zero-order valence-corrected chi connectivity index (χ0v) is 13.6. The van der Waals surface area contributed by atoms with Crippen LogP contribution in [0.25, 0.3) is 0 Å². The molecule has 1 aromatic rings. The number of benzene rings is 1. The largest absolute Gasteiger partial charge is 0.466 e. The highest BCUT2D eigenvalue weighted by Crippen LogP contribution is 2.10. The molecular weight excluding hydrogens is 318 g/mol. The smallest absolute Gasteiger partial charge is 0.306 e. The van der Waals surface area contributed by atoms with Crippen LogP contribution in [0.1, 0.15) is 36.5 Å². The molecule has 0 saturated heterocycles. The van der Waals surface area contributed by atoms with Crippen LogP contribution in [-0.4, -0.2) is 29.5 Å². The first kappa shape index (κ1) is 18.6. The summed E-state index contributed by atoms with van der Waals surface area (Å²) in [4.78, 5) is 34.1. The second-order valence-corrected chi connectivity index (χ2v) is 5.08. The SMILES string of the molecule is CCCOC(=O)CCC(=O)NC(=S)Nc1cccc(C(N)=O)c1. The van der Waals surface area contributed by atoms with Crippen LogP contribution in [0, 0.1) is 0 Å². The monoisotopic (exact) mass is 337 g/mol. The normalized spacial score (nSPS) is 9.78. The molecule has 0 spiro atoms. The fourth-order valence-electron chi connectivity index (χ4n) is 1.61. The van der Waals surface area contributed by atoms with Gasteiger partial charge in [0.05, 0.1) is 13.0 Å². The lowest BCUT2D eigenvalue weighted by molar-refractivity contribution is -0.144. The van der Waals surface area contributed by atoms with Crippen molar-refractivity contribution in [3.63, 3.8) is 0 Å². The number of primary amides is 1. The Labute approximate surface area is 139 Å². The minimum absolute atomic E-state index is 0.00833. The Bertz CT molecular complexity index is 604. The van der Waals surface area contributed by atoms with Gasteiger partial charge in [0.1, 0.15) is 0 Å². The molecule has 0 radical (unpaired) electrons. The third-order valence-corrected chi connectivity index (χ3v) is 2.89. The molecule has 8 heteroatoms.